The van der Waals surface area contributed by atoms with Gasteiger partial charge in [-0.25, -0.2) is 0 Å². The van der Waals surface area contributed by atoms with Crippen LogP contribution in [0, 0.1) is 0 Å². The molecule has 5 rings (SSSR count). The first kappa shape index (κ1) is 31.9. The molecule has 1 atom stereocenters. The maximum atomic E-state index is 13.1. The molecule has 2 aromatic rings. The molecule has 2 saturated heterocycles. The molecular weight excluding hydrogens is 526 g/mol. The van der Waals surface area contributed by atoms with Crippen molar-refractivity contribution in [1.29, 1.82) is 0 Å². The van der Waals surface area contributed by atoms with Gasteiger partial charge in [0, 0.05) is 24.1 Å². The van der Waals surface area contributed by atoms with E-state index in [-0.39, 0.29) is 44.4 Å². The van der Waals surface area contributed by atoms with Crippen molar-refractivity contribution in [2.45, 2.75) is 64.9 Å². The van der Waals surface area contributed by atoms with E-state index in [2.05, 4.69) is 5.32 Å². The fourth-order valence-corrected chi connectivity index (χ4v) is 5.80. The smallest absolute Gasteiger partial charge is 0.255 e. The number of rotatable bonds is 6. The fourth-order valence-electron chi connectivity index (χ4n) is 5.80. The maximum Gasteiger partial charge on any atom is 0.255 e. The Kier molecular flexibility index (Phi) is 7.80. The first-order valence-corrected chi connectivity index (χ1v) is 13.5. The van der Waals surface area contributed by atoms with Crippen LogP contribution in [-0.4, -0.2) is 123 Å². The number of nitrogens with one attached hydrogen (secondary N) is 1. The molecule has 3 heterocycles. The summed E-state index contributed by atoms with van der Waals surface area (Å²) in [4.78, 5) is 39.6. The second kappa shape index (κ2) is 10.5. The van der Waals surface area contributed by atoms with Crippen LogP contribution in [-0.2, 0) is 29.3 Å². The fraction of sp³-hybridized carbons (Fsp3) is 0.423. The average molecular weight is 546 g/mol. The van der Waals surface area contributed by atoms with Crippen molar-refractivity contribution in [2.75, 3.05) is 0 Å². The summed E-state index contributed by atoms with van der Waals surface area (Å²) in [5.74, 6) is -0.617. The van der Waals surface area contributed by atoms with Gasteiger partial charge in [-0.1, -0.05) is 41.0 Å². The number of imide groups is 1. The van der Waals surface area contributed by atoms with E-state index in [9.17, 15) is 14.4 Å². The van der Waals surface area contributed by atoms with Crippen LogP contribution in [0.2, 0.25) is 15.6 Å². The molecule has 3 aliphatic rings. The van der Waals surface area contributed by atoms with E-state index in [0.29, 0.717) is 22.4 Å². The number of hydrogen-bond donors (Lipinski definition) is 1. The number of hydrogen-bond acceptors (Lipinski definition) is 5. The predicted molar refractivity (Wildman–Crippen MR) is 170 cm³/mol. The van der Waals surface area contributed by atoms with Crippen LogP contribution in [0.4, 0.5) is 0 Å². The molecule has 2 fully saturated rings. The zero-order valence-corrected chi connectivity index (χ0v) is 23.5. The quantitative estimate of drug-likeness (QED) is 0.342. The van der Waals surface area contributed by atoms with E-state index in [1.807, 2.05) is 0 Å². The number of piperidine rings is 2. The zero-order chi connectivity index (χ0) is 31.8. The summed E-state index contributed by atoms with van der Waals surface area (Å²) < 4.78 is 6.08. The monoisotopic (exact) mass is 547 g/mol. The molecule has 3 aliphatic heterocycles. The van der Waals surface area contributed by atoms with Gasteiger partial charge in [0.05, 0.1) is 85.0 Å². The molecule has 17 heteroatoms. The van der Waals surface area contributed by atoms with Gasteiger partial charge in [-0.15, -0.1) is 15.6 Å². The Morgan fingerprint density at radius 3 is 1.95 bits per heavy atom. The molecule has 192 valence electrons. The number of carbonyl (C=O) groups is 3. The van der Waals surface area contributed by atoms with Crippen LogP contribution < -0.4 is 10.1 Å². The van der Waals surface area contributed by atoms with Gasteiger partial charge in [0.15, 0.2) is 0 Å². The highest BCUT2D eigenvalue weighted by Crippen LogP contribution is 2.68. The normalized spacial score (nSPS) is 25.1. The molecule has 3 amide bonds. The van der Waals surface area contributed by atoms with Gasteiger partial charge >= 0.3 is 0 Å². The van der Waals surface area contributed by atoms with Crippen molar-refractivity contribution in [3.8, 4) is 5.75 Å². The van der Waals surface area contributed by atoms with Gasteiger partial charge in [-0.3, -0.25) is 19.7 Å². The lowest BCUT2D eigenvalue weighted by atomic mass is 9.05. The van der Waals surface area contributed by atoms with Gasteiger partial charge < -0.3 is 14.5 Å². The first-order chi connectivity index (χ1) is 19.8. The third-order valence-corrected chi connectivity index (χ3v) is 8.88. The summed E-state index contributed by atoms with van der Waals surface area (Å²) in [5, 5.41) is -8.72. The molecule has 0 saturated carbocycles. The summed E-state index contributed by atoms with van der Waals surface area (Å²) >= 11 is 0. The zero-order valence-electron chi connectivity index (χ0n) is 23.5. The summed E-state index contributed by atoms with van der Waals surface area (Å²) in [5.41, 5.74) is 2.54. The Hall–Kier alpha value is -2.54. The average Bonchev–Trinajstić information content (AvgIpc) is 3.26. The molecule has 0 aromatic heterocycles. The topological polar surface area (TPSA) is 79.0 Å². The largest absolute Gasteiger partial charge is 0.489 e. The molecule has 2 aromatic carbocycles. The Bertz CT molecular complexity index is 1450. The van der Waals surface area contributed by atoms with Gasteiger partial charge in [0.1, 0.15) is 18.4 Å². The van der Waals surface area contributed by atoms with Crippen molar-refractivity contribution in [3.63, 3.8) is 0 Å². The first-order valence-electron chi connectivity index (χ1n) is 13.5. The van der Waals surface area contributed by atoms with Gasteiger partial charge in [-0.05, 0) is 29.7 Å². The van der Waals surface area contributed by atoms with E-state index in [0.717, 1.165) is 10.5 Å². The Labute approximate surface area is 265 Å². The second-order valence-corrected chi connectivity index (χ2v) is 11.6. The third kappa shape index (κ3) is 4.79. The van der Waals surface area contributed by atoms with Gasteiger partial charge in [0.25, 0.3) is 5.91 Å². The minimum absolute atomic E-state index is 0.0754. The van der Waals surface area contributed by atoms with Crippen LogP contribution in [0.15, 0.2) is 42.5 Å². The number of benzene rings is 2. The summed E-state index contributed by atoms with van der Waals surface area (Å²) in [6.07, 6.45) is 0.436. The minimum Gasteiger partial charge on any atom is -0.489 e. The highest BCUT2D eigenvalue weighted by molar-refractivity contribution is 6.69. The van der Waals surface area contributed by atoms with E-state index < -0.39 is 38.3 Å². The van der Waals surface area contributed by atoms with Crippen molar-refractivity contribution >= 4 is 96.2 Å². The molecule has 0 bridgehead atoms. The van der Waals surface area contributed by atoms with Crippen LogP contribution in [0.1, 0.15) is 39.9 Å². The molecular formula is C26H19B10N3O4. The summed E-state index contributed by atoms with van der Waals surface area (Å²) in [6.45, 7) is 0.272. The third-order valence-electron chi connectivity index (χ3n) is 8.88. The van der Waals surface area contributed by atoms with Crippen LogP contribution >= 0.6 is 0 Å². The van der Waals surface area contributed by atoms with E-state index in [1.54, 1.807) is 42.5 Å². The lowest BCUT2D eigenvalue weighted by Crippen LogP contribution is -2.80. The molecule has 1 unspecified atom stereocenters. The Morgan fingerprint density at radius 1 is 0.791 bits per heavy atom. The number of likely N-dealkylation sites (tertiary alicyclic amines) is 1. The molecule has 0 aliphatic carbocycles. The molecule has 20 radical (unpaired) electrons. The van der Waals surface area contributed by atoms with E-state index >= 15 is 0 Å². The predicted octanol–water partition coefficient (Wildman–Crippen LogP) is -1.82. The Morgan fingerprint density at radius 2 is 1.37 bits per heavy atom. The number of ether oxygens (including phenoxy) is 1. The number of carbonyl (C=O) groups excluding carboxylic acids is 3. The van der Waals surface area contributed by atoms with Crippen LogP contribution in [0.25, 0.3) is 0 Å². The van der Waals surface area contributed by atoms with E-state index in [1.165, 1.54) is 4.90 Å². The summed E-state index contributed by atoms with van der Waals surface area (Å²) in [7, 11) is 62.3. The molecule has 0 spiro atoms. The molecule has 43 heavy (non-hydrogen) atoms. The summed E-state index contributed by atoms with van der Waals surface area (Å²) in [6, 6.07) is 11.5. The van der Waals surface area contributed by atoms with Crippen LogP contribution in [0.5, 0.6) is 5.75 Å². The van der Waals surface area contributed by atoms with Crippen molar-refractivity contribution in [1.82, 2.24) is 15.1 Å². The molecule has 7 nitrogen and oxygen atoms in total. The lowest BCUT2D eigenvalue weighted by molar-refractivity contribution is -0.136. The maximum absolute atomic E-state index is 13.1. The lowest BCUT2D eigenvalue weighted by Gasteiger charge is -2.78. The van der Waals surface area contributed by atoms with Crippen molar-refractivity contribution < 1.29 is 19.1 Å². The standard InChI is InChI=1S/C26H19B10N3O4/c27-22(28)23(29,30)25(33,34)39(26(35,36)24(22,31)32)10-13-4-6-14(7-5-13)12-43-18-3-1-2-15-16(18)11-38(21(15)42)17-8-9-19(40)37-20(17)41/h1-7,17H,8-12H2,(H,37,40,41). The number of amides is 3. The number of fused-ring (bicyclic) bond motifs is 1. The van der Waals surface area contributed by atoms with Gasteiger partial charge in [0.2, 0.25) is 11.8 Å². The Balaban J connectivity index is 1.30. The second-order valence-electron chi connectivity index (χ2n) is 11.6. The van der Waals surface area contributed by atoms with Gasteiger partial charge in [-0.2, -0.15) is 0 Å². The molecule has 1 N–H and O–H groups in total. The van der Waals surface area contributed by atoms with E-state index in [4.69, 9.17) is 83.2 Å². The van der Waals surface area contributed by atoms with Crippen LogP contribution in [0.3, 0.4) is 0 Å². The number of nitrogens with zero attached hydrogens (tertiary/aromatic N) is 2. The SMILES string of the molecule is [B]C1([B])N(Cc2ccc(COc3cccc4c3CN(C3CCC(=O)NC3=O)C4=O)cc2)C([B])([B])C([B])([B])C([B])([B])C1([B])[B]. The van der Waals surface area contributed by atoms with Crippen molar-refractivity contribution in [2.24, 2.45) is 0 Å². The highest BCUT2D eigenvalue weighted by atomic mass is 16.5. The minimum atomic E-state index is -2.27. The highest BCUT2D eigenvalue weighted by Gasteiger charge is 2.63. The van der Waals surface area contributed by atoms with Crippen molar-refractivity contribution in [3.05, 3.63) is 64.7 Å².